The molecule has 0 bridgehead atoms. The van der Waals surface area contributed by atoms with Gasteiger partial charge in [0.25, 0.3) is 5.91 Å². The number of amides is 1. The summed E-state index contributed by atoms with van der Waals surface area (Å²) in [6.45, 7) is 6.08. The molecule has 23 heavy (non-hydrogen) atoms. The molecule has 5 nitrogen and oxygen atoms in total. The van der Waals surface area contributed by atoms with Crippen LogP contribution in [0.4, 0.5) is 5.69 Å². The lowest BCUT2D eigenvalue weighted by Crippen LogP contribution is -2.35. The number of carbonyl (C=O) groups excluding carboxylic acids is 1. The molecule has 2 heterocycles. The van der Waals surface area contributed by atoms with Crippen LogP contribution in [0.2, 0.25) is 0 Å². The molecule has 1 amide bonds. The van der Waals surface area contributed by atoms with Crippen LogP contribution in [-0.2, 0) is 11.3 Å². The van der Waals surface area contributed by atoms with Crippen molar-refractivity contribution in [2.45, 2.75) is 13.5 Å². The number of carbonyl (C=O) groups is 1. The second-order valence-corrected chi connectivity index (χ2v) is 6.69. The lowest BCUT2D eigenvalue weighted by molar-refractivity contribution is 0.0341. The predicted octanol–water partition coefficient (Wildman–Crippen LogP) is 2.56. The van der Waals surface area contributed by atoms with E-state index in [-0.39, 0.29) is 5.91 Å². The second kappa shape index (κ2) is 7.21. The maximum absolute atomic E-state index is 12.7. The fourth-order valence-electron chi connectivity index (χ4n) is 2.59. The van der Waals surface area contributed by atoms with Crippen LogP contribution in [0, 0.1) is 6.92 Å². The largest absolute Gasteiger partial charge is 0.379 e. The van der Waals surface area contributed by atoms with Crippen molar-refractivity contribution in [3.05, 3.63) is 45.9 Å². The van der Waals surface area contributed by atoms with Crippen molar-refractivity contribution in [1.82, 2.24) is 9.88 Å². The van der Waals surface area contributed by atoms with Crippen molar-refractivity contribution in [3.63, 3.8) is 0 Å². The van der Waals surface area contributed by atoms with Crippen LogP contribution in [0.25, 0.3) is 0 Å². The van der Waals surface area contributed by atoms with Gasteiger partial charge in [0.1, 0.15) is 9.88 Å². The Morgan fingerprint density at radius 3 is 2.70 bits per heavy atom. The number of hydrogen-bond acceptors (Lipinski definition) is 5. The van der Waals surface area contributed by atoms with Crippen LogP contribution in [0.15, 0.2) is 30.3 Å². The first-order valence-corrected chi connectivity index (χ1v) is 8.56. The molecule has 0 spiro atoms. The van der Waals surface area contributed by atoms with Gasteiger partial charge in [-0.1, -0.05) is 18.2 Å². The molecule has 0 unspecified atom stereocenters. The Morgan fingerprint density at radius 1 is 1.30 bits per heavy atom. The van der Waals surface area contributed by atoms with Crippen molar-refractivity contribution in [2.24, 2.45) is 0 Å². The zero-order valence-electron chi connectivity index (χ0n) is 13.5. The first-order chi connectivity index (χ1) is 11.1. The van der Waals surface area contributed by atoms with Crippen molar-refractivity contribution in [2.75, 3.05) is 38.3 Å². The SMILES string of the molecule is Cc1nc(CN2CCOCC2)sc1C(=O)N(C)c1ccccc1. The average molecular weight is 331 g/mol. The van der Waals surface area contributed by atoms with E-state index in [0.717, 1.165) is 54.1 Å². The van der Waals surface area contributed by atoms with E-state index in [0.29, 0.717) is 0 Å². The van der Waals surface area contributed by atoms with Crippen LogP contribution >= 0.6 is 11.3 Å². The summed E-state index contributed by atoms with van der Waals surface area (Å²) >= 11 is 1.50. The molecule has 122 valence electrons. The number of thiazole rings is 1. The van der Waals surface area contributed by atoms with E-state index in [1.165, 1.54) is 11.3 Å². The average Bonchev–Trinajstić information content (AvgIpc) is 2.95. The third-order valence-electron chi connectivity index (χ3n) is 3.95. The van der Waals surface area contributed by atoms with E-state index in [1.807, 2.05) is 37.3 Å². The third-order valence-corrected chi connectivity index (χ3v) is 5.08. The summed E-state index contributed by atoms with van der Waals surface area (Å²) in [7, 11) is 1.80. The summed E-state index contributed by atoms with van der Waals surface area (Å²) in [5, 5.41) is 0.995. The number of ether oxygens (including phenoxy) is 1. The zero-order valence-corrected chi connectivity index (χ0v) is 14.3. The molecule has 1 aromatic carbocycles. The lowest BCUT2D eigenvalue weighted by atomic mass is 10.3. The monoisotopic (exact) mass is 331 g/mol. The van der Waals surface area contributed by atoms with Gasteiger partial charge in [-0.15, -0.1) is 11.3 Å². The van der Waals surface area contributed by atoms with Gasteiger partial charge in [0.15, 0.2) is 0 Å². The van der Waals surface area contributed by atoms with Crippen LogP contribution in [0.1, 0.15) is 20.4 Å². The molecule has 3 rings (SSSR count). The number of nitrogens with zero attached hydrogens (tertiary/aromatic N) is 3. The fourth-order valence-corrected chi connectivity index (χ4v) is 3.67. The predicted molar refractivity (Wildman–Crippen MR) is 92.1 cm³/mol. The number of para-hydroxylation sites is 1. The van der Waals surface area contributed by atoms with Gasteiger partial charge < -0.3 is 9.64 Å². The molecule has 0 atom stereocenters. The Bertz CT molecular complexity index is 666. The van der Waals surface area contributed by atoms with Crippen molar-refractivity contribution in [1.29, 1.82) is 0 Å². The molecule has 2 aromatic rings. The molecule has 6 heteroatoms. The molecule has 0 aliphatic carbocycles. The molecule has 1 fully saturated rings. The summed E-state index contributed by atoms with van der Waals surface area (Å²) in [6, 6.07) is 9.68. The number of hydrogen-bond donors (Lipinski definition) is 0. The molecule has 1 aliphatic rings. The Kier molecular flexibility index (Phi) is 5.05. The van der Waals surface area contributed by atoms with Crippen LogP contribution < -0.4 is 4.90 Å². The van der Waals surface area contributed by atoms with E-state index in [2.05, 4.69) is 9.88 Å². The molecule has 1 saturated heterocycles. The lowest BCUT2D eigenvalue weighted by Gasteiger charge is -2.25. The first-order valence-electron chi connectivity index (χ1n) is 7.74. The molecule has 0 N–H and O–H groups in total. The van der Waals surface area contributed by atoms with Gasteiger partial charge in [0, 0.05) is 25.8 Å². The maximum Gasteiger partial charge on any atom is 0.270 e. The molecule has 1 aliphatic heterocycles. The van der Waals surface area contributed by atoms with E-state index in [9.17, 15) is 4.79 Å². The number of benzene rings is 1. The molecular weight excluding hydrogens is 310 g/mol. The van der Waals surface area contributed by atoms with Crippen LogP contribution in [0.5, 0.6) is 0 Å². The summed E-state index contributed by atoms with van der Waals surface area (Å²) in [5.74, 6) is -0.000530. The number of aromatic nitrogens is 1. The minimum absolute atomic E-state index is 0.000530. The highest BCUT2D eigenvalue weighted by molar-refractivity contribution is 7.13. The Hall–Kier alpha value is -1.76. The maximum atomic E-state index is 12.7. The molecule has 0 saturated carbocycles. The van der Waals surface area contributed by atoms with E-state index < -0.39 is 0 Å². The minimum Gasteiger partial charge on any atom is -0.379 e. The van der Waals surface area contributed by atoms with Gasteiger partial charge in [-0.2, -0.15) is 0 Å². The molecule has 0 radical (unpaired) electrons. The summed E-state index contributed by atoms with van der Waals surface area (Å²) in [4.78, 5) is 22.0. The Morgan fingerprint density at radius 2 is 2.00 bits per heavy atom. The van der Waals surface area contributed by atoms with Crippen molar-refractivity contribution < 1.29 is 9.53 Å². The standard InChI is InChI=1S/C17H21N3O2S/c1-13-16(17(21)19(2)14-6-4-3-5-7-14)23-15(18-13)12-20-8-10-22-11-9-20/h3-7H,8-12H2,1-2H3. The van der Waals surface area contributed by atoms with Gasteiger partial charge in [0.2, 0.25) is 0 Å². The quantitative estimate of drug-likeness (QED) is 0.864. The summed E-state index contributed by atoms with van der Waals surface area (Å²) in [6.07, 6.45) is 0. The van der Waals surface area contributed by atoms with Gasteiger partial charge in [-0.3, -0.25) is 9.69 Å². The van der Waals surface area contributed by atoms with E-state index in [4.69, 9.17) is 4.74 Å². The van der Waals surface area contributed by atoms with E-state index >= 15 is 0 Å². The summed E-state index contributed by atoms with van der Waals surface area (Å²) < 4.78 is 5.37. The minimum atomic E-state index is -0.000530. The topological polar surface area (TPSA) is 45.7 Å². The fraction of sp³-hybridized carbons (Fsp3) is 0.412. The Labute approximate surface area is 140 Å². The smallest absolute Gasteiger partial charge is 0.270 e. The van der Waals surface area contributed by atoms with Gasteiger partial charge >= 0.3 is 0 Å². The van der Waals surface area contributed by atoms with Gasteiger partial charge in [0.05, 0.1) is 25.5 Å². The Balaban J connectivity index is 1.73. The second-order valence-electron chi connectivity index (χ2n) is 5.61. The van der Waals surface area contributed by atoms with Crippen molar-refractivity contribution >= 4 is 22.9 Å². The molecular formula is C17H21N3O2S. The zero-order chi connectivity index (χ0) is 16.2. The molecule has 1 aromatic heterocycles. The summed E-state index contributed by atoms with van der Waals surface area (Å²) in [5.41, 5.74) is 1.70. The number of rotatable bonds is 4. The van der Waals surface area contributed by atoms with Crippen LogP contribution in [0.3, 0.4) is 0 Å². The number of morpholine rings is 1. The van der Waals surface area contributed by atoms with Crippen LogP contribution in [-0.4, -0.2) is 49.1 Å². The first kappa shape index (κ1) is 16.1. The van der Waals surface area contributed by atoms with Crippen molar-refractivity contribution in [3.8, 4) is 0 Å². The number of aryl methyl sites for hydroxylation is 1. The third kappa shape index (κ3) is 3.77. The highest BCUT2D eigenvalue weighted by atomic mass is 32.1. The normalized spacial score (nSPS) is 15.6. The van der Waals surface area contributed by atoms with Gasteiger partial charge in [-0.25, -0.2) is 4.98 Å². The highest BCUT2D eigenvalue weighted by Crippen LogP contribution is 2.23. The van der Waals surface area contributed by atoms with Gasteiger partial charge in [-0.05, 0) is 19.1 Å². The number of anilines is 1. The highest BCUT2D eigenvalue weighted by Gasteiger charge is 2.21. The van der Waals surface area contributed by atoms with E-state index in [1.54, 1.807) is 11.9 Å².